The molecule has 0 fully saturated rings. The molecule has 0 aliphatic rings. The average Bonchev–Trinajstić information content (AvgIpc) is 2.46. The SMILES string of the molecule is CSc1nc(Cl)c([N+](=O)[O-])c(Oc2cccc([N+](=O)[O-])c2)n1. The van der Waals surface area contributed by atoms with Gasteiger partial charge in [0.2, 0.25) is 5.15 Å². The summed E-state index contributed by atoms with van der Waals surface area (Å²) in [5.74, 6) is -0.353. The average molecular weight is 343 g/mol. The minimum Gasteiger partial charge on any atom is -0.433 e. The Morgan fingerprint density at radius 1 is 1.23 bits per heavy atom. The minimum atomic E-state index is -0.779. The zero-order chi connectivity index (χ0) is 16.3. The van der Waals surface area contributed by atoms with Crippen LogP contribution in [0.4, 0.5) is 11.4 Å². The van der Waals surface area contributed by atoms with E-state index in [4.69, 9.17) is 16.3 Å². The Bertz CT molecular complexity index is 757. The highest BCUT2D eigenvalue weighted by atomic mass is 35.5. The summed E-state index contributed by atoms with van der Waals surface area (Å²) in [6.07, 6.45) is 1.66. The standard InChI is InChI=1S/C11H7ClN4O5S/c1-22-11-13-9(12)8(16(19)20)10(14-11)21-7-4-2-3-6(5-7)15(17)18/h2-5H,1H3. The zero-order valence-electron chi connectivity index (χ0n) is 10.9. The molecule has 9 nitrogen and oxygen atoms in total. The number of nitro groups is 2. The molecule has 114 valence electrons. The van der Waals surface area contributed by atoms with Gasteiger partial charge in [-0.2, -0.15) is 4.98 Å². The first-order valence-electron chi connectivity index (χ1n) is 5.60. The van der Waals surface area contributed by atoms with E-state index in [1.54, 1.807) is 6.26 Å². The molecule has 0 N–H and O–H groups in total. The van der Waals surface area contributed by atoms with Crippen molar-refractivity contribution in [1.29, 1.82) is 0 Å². The highest BCUT2D eigenvalue weighted by Gasteiger charge is 2.26. The van der Waals surface area contributed by atoms with Gasteiger partial charge in [-0.05, 0) is 12.3 Å². The molecular formula is C11H7ClN4O5S. The van der Waals surface area contributed by atoms with Crippen LogP contribution in [0.3, 0.4) is 0 Å². The van der Waals surface area contributed by atoms with Crippen molar-refractivity contribution in [3.8, 4) is 11.6 Å². The molecule has 0 aliphatic carbocycles. The topological polar surface area (TPSA) is 121 Å². The predicted molar refractivity (Wildman–Crippen MR) is 78.6 cm³/mol. The monoisotopic (exact) mass is 342 g/mol. The molecule has 1 heterocycles. The molecule has 11 heteroatoms. The van der Waals surface area contributed by atoms with E-state index in [0.717, 1.165) is 17.8 Å². The lowest BCUT2D eigenvalue weighted by Crippen LogP contribution is -2.01. The third kappa shape index (κ3) is 3.40. The normalized spacial score (nSPS) is 10.3. The number of ether oxygens (including phenoxy) is 1. The van der Waals surface area contributed by atoms with E-state index in [9.17, 15) is 20.2 Å². The largest absolute Gasteiger partial charge is 0.433 e. The Kier molecular flexibility index (Phi) is 4.73. The summed E-state index contributed by atoms with van der Waals surface area (Å²) in [7, 11) is 0. The second-order valence-corrected chi connectivity index (χ2v) is 4.90. The first-order chi connectivity index (χ1) is 10.4. The fraction of sp³-hybridized carbons (Fsp3) is 0.0909. The van der Waals surface area contributed by atoms with Gasteiger partial charge in [-0.1, -0.05) is 29.4 Å². The first-order valence-corrected chi connectivity index (χ1v) is 7.21. The van der Waals surface area contributed by atoms with Crippen LogP contribution in [-0.2, 0) is 0 Å². The first kappa shape index (κ1) is 15.9. The molecule has 1 aromatic carbocycles. The summed E-state index contributed by atoms with van der Waals surface area (Å²) in [6.45, 7) is 0. The van der Waals surface area contributed by atoms with Gasteiger partial charge in [0.25, 0.3) is 5.69 Å². The molecule has 0 amide bonds. The van der Waals surface area contributed by atoms with Gasteiger partial charge in [-0.3, -0.25) is 20.2 Å². The molecule has 1 aromatic heterocycles. The van der Waals surface area contributed by atoms with Crippen molar-refractivity contribution >= 4 is 34.7 Å². The summed E-state index contributed by atoms with van der Waals surface area (Å²) in [5, 5.41) is 21.6. The van der Waals surface area contributed by atoms with Crippen molar-refractivity contribution in [2.75, 3.05) is 6.26 Å². The number of hydrogen-bond acceptors (Lipinski definition) is 8. The van der Waals surface area contributed by atoms with Gasteiger partial charge in [-0.15, -0.1) is 0 Å². The fourth-order valence-corrected chi connectivity index (χ4v) is 2.11. The molecule has 0 bridgehead atoms. The van der Waals surface area contributed by atoms with Gasteiger partial charge in [0, 0.05) is 6.07 Å². The number of nitro benzene ring substituents is 1. The van der Waals surface area contributed by atoms with E-state index in [1.165, 1.54) is 18.2 Å². The van der Waals surface area contributed by atoms with E-state index < -0.39 is 15.5 Å². The number of nitrogens with zero attached hydrogens (tertiary/aromatic N) is 4. The number of benzene rings is 1. The van der Waals surface area contributed by atoms with Crippen LogP contribution >= 0.6 is 23.4 Å². The Balaban J connectivity index is 2.48. The molecule has 2 rings (SSSR count). The Morgan fingerprint density at radius 2 is 1.95 bits per heavy atom. The lowest BCUT2D eigenvalue weighted by molar-refractivity contribution is -0.386. The summed E-state index contributed by atoms with van der Waals surface area (Å²) < 4.78 is 5.29. The molecular weight excluding hydrogens is 336 g/mol. The number of hydrogen-bond donors (Lipinski definition) is 0. The van der Waals surface area contributed by atoms with E-state index >= 15 is 0 Å². The van der Waals surface area contributed by atoms with E-state index in [1.807, 2.05) is 0 Å². The number of non-ortho nitro benzene ring substituents is 1. The number of halogens is 1. The highest BCUT2D eigenvalue weighted by Crippen LogP contribution is 2.36. The maximum Gasteiger partial charge on any atom is 0.368 e. The molecule has 0 spiro atoms. The Hall–Kier alpha value is -2.46. The van der Waals surface area contributed by atoms with Crippen molar-refractivity contribution in [3.05, 3.63) is 49.6 Å². The van der Waals surface area contributed by atoms with Gasteiger partial charge >= 0.3 is 11.6 Å². The van der Waals surface area contributed by atoms with Crippen LogP contribution in [0.1, 0.15) is 0 Å². The molecule has 22 heavy (non-hydrogen) atoms. The summed E-state index contributed by atoms with van der Waals surface area (Å²) in [5.41, 5.74) is -0.823. The van der Waals surface area contributed by atoms with Gasteiger partial charge in [0.05, 0.1) is 15.9 Å². The smallest absolute Gasteiger partial charge is 0.368 e. The zero-order valence-corrected chi connectivity index (χ0v) is 12.5. The van der Waals surface area contributed by atoms with Gasteiger partial charge in [0.1, 0.15) is 5.75 Å². The van der Waals surface area contributed by atoms with Gasteiger partial charge < -0.3 is 4.74 Å². The second kappa shape index (κ2) is 6.54. The summed E-state index contributed by atoms with van der Waals surface area (Å²) in [4.78, 5) is 28.0. The van der Waals surface area contributed by atoms with Crippen LogP contribution < -0.4 is 4.74 Å². The Labute approximate surface area is 132 Å². The van der Waals surface area contributed by atoms with Gasteiger partial charge in [-0.25, -0.2) is 4.98 Å². The van der Waals surface area contributed by atoms with Crippen LogP contribution in [0.2, 0.25) is 5.15 Å². The maximum absolute atomic E-state index is 11.1. The maximum atomic E-state index is 11.1. The van der Waals surface area contributed by atoms with E-state index in [2.05, 4.69) is 9.97 Å². The number of thioether (sulfide) groups is 1. The van der Waals surface area contributed by atoms with Crippen molar-refractivity contribution in [3.63, 3.8) is 0 Å². The molecule has 0 saturated heterocycles. The van der Waals surface area contributed by atoms with Crippen LogP contribution in [-0.4, -0.2) is 26.1 Å². The number of rotatable bonds is 5. The lowest BCUT2D eigenvalue weighted by Gasteiger charge is -2.07. The van der Waals surface area contributed by atoms with Crippen molar-refractivity contribution in [1.82, 2.24) is 9.97 Å². The molecule has 0 radical (unpaired) electrons. The van der Waals surface area contributed by atoms with Crippen molar-refractivity contribution in [2.24, 2.45) is 0 Å². The third-order valence-electron chi connectivity index (χ3n) is 2.40. The highest BCUT2D eigenvalue weighted by molar-refractivity contribution is 7.98. The van der Waals surface area contributed by atoms with Crippen LogP contribution in [0.15, 0.2) is 29.4 Å². The molecule has 2 aromatic rings. The van der Waals surface area contributed by atoms with E-state index in [0.29, 0.717) is 0 Å². The minimum absolute atomic E-state index is 0.0270. The van der Waals surface area contributed by atoms with E-state index in [-0.39, 0.29) is 27.6 Å². The second-order valence-electron chi connectivity index (χ2n) is 3.77. The fourth-order valence-electron chi connectivity index (χ4n) is 1.48. The molecule has 0 saturated carbocycles. The van der Waals surface area contributed by atoms with Crippen molar-refractivity contribution < 1.29 is 14.6 Å². The van der Waals surface area contributed by atoms with Crippen molar-refractivity contribution in [2.45, 2.75) is 5.16 Å². The molecule has 0 aliphatic heterocycles. The molecule has 0 atom stereocenters. The lowest BCUT2D eigenvalue weighted by atomic mass is 10.3. The van der Waals surface area contributed by atoms with Gasteiger partial charge in [0.15, 0.2) is 5.16 Å². The summed E-state index contributed by atoms with van der Waals surface area (Å²) >= 11 is 6.88. The predicted octanol–water partition coefficient (Wildman–Crippen LogP) is 3.46. The quantitative estimate of drug-likeness (QED) is 0.266. The third-order valence-corrected chi connectivity index (χ3v) is 3.21. The number of aromatic nitrogens is 2. The molecule has 0 unspecified atom stereocenters. The Morgan fingerprint density at radius 3 is 2.55 bits per heavy atom. The summed E-state index contributed by atoms with van der Waals surface area (Å²) in [6, 6.07) is 5.18. The van der Waals surface area contributed by atoms with Crippen LogP contribution in [0.25, 0.3) is 0 Å². The van der Waals surface area contributed by atoms with Crippen LogP contribution in [0.5, 0.6) is 11.6 Å². The van der Waals surface area contributed by atoms with Crippen LogP contribution in [0, 0.1) is 20.2 Å².